The highest BCUT2D eigenvalue weighted by Gasteiger charge is 2.27. The molecule has 3 rings (SSSR count). The predicted molar refractivity (Wildman–Crippen MR) is 117 cm³/mol. The molecule has 0 saturated carbocycles. The number of hydrogen-bond acceptors (Lipinski definition) is 7. The van der Waals surface area contributed by atoms with Crippen molar-refractivity contribution >= 4 is 33.6 Å². The molecule has 11 heteroatoms. The van der Waals surface area contributed by atoms with Crippen molar-refractivity contribution < 1.29 is 27.5 Å². The van der Waals surface area contributed by atoms with E-state index in [1.807, 2.05) is 6.26 Å². The van der Waals surface area contributed by atoms with E-state index in [2.05, 4.69) is 15.6 Å². The van der Waals surface area contributed by atoms with Crippen molar-refractivity contribution in [1.82, 2.24) is 15.6 Å². The summed E-state index contributed by atoms with van der Waals surface area (Å²) in [5.41, 5.74) is 4.96. The van der Waals surface area contributed by atoms with Crippen LogP contribution in [0, 0.1) is 0 Å². The van der Waals surface area contributed by atoms with Crippen LogP contribution in [-0.4, -0.2) is 51.5 Å². The number of rotatable bonds is 8. The molecule has 0 saturated heterocycles. The molecule has 0 fully saturated rings. The Morgan fingerprint density at radius 3 is 2.45 bits per heavy atom. The molecular formula is C20H23N3O6S2. The first-order chi connectivity index (χ1) is 14.9. The van der Waals surface area contributed by atoms with Crippen molar-refractivity contribution in [2.24, 2.45) is 0 Å². The average Bonchev–Trinajstić information content (AvgIpc) is 2.80. The second kappa shape index (κ2) is 10.5. The van der Waals surface area contributed by atoms with E-state index in [1.165, 1.54) is 30.0 Å². The minimum atomic E-state index is -4.03. The first kappa shape index (κ1) is 22.9. The van der Waals surface area contributed by atoms with E-state index in [0.717, 1.165) is 0 Å². The molecule has 2 amide bonds. The summed E-state index contributed by atoms with van der Waals surface area (Å²) in [7, 11) is -4.03. The predicted octanol–water partition coefficient (Wildman–Crippen LogP) is 1.32. The van der Waals surface area contributed by atoms with Crippen molar-refractivity contribution in [2.75, 3.05) is 25.2 Å². The first-order valence-electron chi connectivity index (χ1n) is 9.47. The highest BCUT2D eigenvalue weighted by molar-refractivity contribution is 7.98. The van der Waals surface area contributed by atoms with Gasteiger partial charge in [-0.05, 0) is 42.7 Å². The number of ether oxygens (including phenoxy) is 2. The Balaban J connectivity index is 1.69. The molecule has 0 radical (unpaired) electrons. The molecule has 166 valence electrons. The van der Waals surface area contributed by atoms with Crippen molar-refractivity contribution in [2.45, 2.75) is 17.4 Å². The zero-order valence-electron chi connectivity index (χ0n) is 16.8. The summed E-state index contributed by atoms with van der Waals surface area (Å²) in [5, 5.41) is 0. The molecular weight excluding hydrogens is 442 g/mol. The van der Waals surface area contributed by atoms with Crippen LogP contribution in [0.3, 0.4) is 0 Å². The largest absolute Gasteiger partial charge is 0.486 e. The molecule has 0 bridgehead atoms. The Morgan fingerprint density at radius 1 is 1.03 bits per heavy atom. The zero-order valence-corrected chi connectivity index (χ0v) is 18.4. The highest BCUT2D eigenvalue weighted by Crippen LogP contribution is 2.32. The molecule has 0 aromatic heterocycles. The quantitative estimate of drug-likeness (QED) is 0.503. The number of carbonyl (C=O) groups excluding carboxylic acids is 2. The molecule has 1 aliphatic rings. The molecule has 1 heterocycles. The fraction of sp³-hybridized carbons (Fsp3) is 0.300. The van der Waals surface area contributed by atoms with Crippen LogP contribution < -0.4 is 25.0 Å². The third kappa shape index (κ3) is 6.12. The molecule has 1 aliphatic heterocycles. The van der Waals surface area contributed by atoms with E-state index < -0.39 is 27.9 Å². The second-order valence-electron chi connectivity index (χ2n) is 6.57. The molecule has 0 spiro atoms. The molecule has 2 aromatic carbocycles. The number of hydrazine groups is 1. The van der Waals surface area contributed by atoms with Gasteiger partial charge >= 0.3 is 0 Å². The molecule has 31 heavy (non-hydrogen) atoms. The van der Waals surface area contributed by atoms with E-state index in [1.54, 1.807) is 30.3 Å². The minimum absolute atomic E-state index is 0.0491. The van der Waals surface area contributed by atoms with E-state index in [-0.39, 0.29) is 11.3 Å². The Bertz CT molecular complexity index is 1030. The lowest BCUT2D eigenvalue weighted by molar-refractivity contribution is -0.123. The fourth-order valence-corrected chi connectivity index (χ4v) is 4.51. The van der Waals surface area contributed by atoms with Crippen molar-refractivity contribution in [3.8, 4) is 11.5 Å². The van der Waals surface area contributed by atoms with Gasteiger partial charge in [0, 0.05) is 11.6 Å². The van der Waals surface area contributed by atoms with E-state index in [0.29, 0.717) is 36.0 Å². The van der Waals surface area contributed by atoms with Gasteiger partial charge in [-0.3, -0.25) is 20.4 Å². The standard InChI is InChI=1S/C20H23N3O6S2/c1-30-12-9-16(20(25)22-21-19(24)14-5-3-2-4-6-14)23-31(26,27)15-7-8-17-18(13-15)29-11-10-28-17/h2-8,13,16,23H,9-12H2,1H3,(H,21,24)(H,22,25). The summed E-state index contributed by atoms with van der Waals surface area (Å²) >= 11 is 1.47. The van der Waals surface area contributed by atoms with Crippen LogP contribution in [-0.2, 0) is 14.8 Å². The van der Waals surface area contributed by atoms with Crippen molar-refractivity contribution in [3.63, 3.8) is 0 Å². The van der Waals surface area contributed by atoms with Gasteiger partial charge in [0.05, 0.1) is 4.90 Å². The topological polar surface area (TPSA) is 123 Å². The van der Waals surface area contributed by atoms with E-state index in [9.17, 15) is 18.0 Å². The zero-order chi connectivity index (χ0) is 22.3. The number of benzene rings is 2. The smallest absolute Gasteiger partial charge is 0.269 e. The maximum absolute atomic E-state index is 12.9. The number of carbonyl (C=O) groups is 2. The second-order valence-corrected chi connectivity index (χ2v) is 9.27. The van der Waals surface area contributed by atoms with Gasteiger partial charge in [0.2, 0.25) is 10.0 Å². The van der Waals surface area contributed by atoms with Gasteiger partial charge in [-0.25, -0.2) is 8.42 Å². The van der Waals surface area contributed by atoms with Gasteiger partial charge in [-0.1, -0.05) is 18.2 Å². The van der Waals surface area contributed by atoms with Crippen LogP contribution in [0.5, 0.6) is 11.5 Å². The Hall–Kier alpha value is -2.76. The monoisotopic (exact) mass is 465 g/mol. The molecule has 0 aliphatic carbocycles. The molecule has 2 aromatic rings. The summed E-state index contributed by atoms with van der Waals surface area (Å²) in [5.74, 6) is 0.153. The fourth-order valence-electron chi connectivity index (χ4n) is 2.79. The van der Waals surface area contributed by atoms with Crippen LogP contribution in [0.25, 0.3) is 0 Å². The summed E-state index contributed by atoms with van der Waals surface area (Å²) in [6, 6.07) is 11.5. The maximum atomic E-state index is 12.9. The van der Waals surface area contributed by atoms with E-state index >= 15 is 0 Å². The molecule has 1 atom stereocenters. The first-order valence-corrected chi connectivity index (χ1v) is 12.3. The molecule has 3 N–H and O–H groups in total. The summed E-state index contributed by atoms with van der Waals surface area (Å²) < 4.78 is 39.0. The van der Waals surface area contributed by atoms with E-state index in [4.69, 9.17) is 9.47 Å². The summed E-state index contributed by atoms with van der Waals surface area (Å²) in [6.07, 6.45) is 2.08. The normalized spacial score (nSPS) is 13.8. The number of amides is 2. The van der Waals surface area contributed by atoms with Crippen LogP contribution in [0.4, 0.5) is 0 Å². The van der Waals surface area contributed by atoms with Crippen LogP contribution in [0.15, 0.2) is 53.4 Å². The molecule has 9 nitrogen and oxygen atoms in total. The third-order valence-corrected chi connectivity index (χ3v) is 6.50. The number of nitrogens with one attached hydrogen (secondary N) is 3. The lowest BCUT2D eigenvalue weighted by Crippen LogP contribution is -2.52. The van der Waals surface area contributed by atoms with Gasteiger partial charge in [-0.2, -0.15) is 16.5 Å². The van der Waals surface area contributed by atoms with Gasteiger partial charge in [-0.15, -0.1) is 0 Å². The Morgan fingerprint density at radius 2 is 1.74 bits per heavy atom. The molecule has 1 unspecified atom stereocenters. The van der Waals surface area contributed by atoms with Crippen LogP contribution in [0.2, 0.25) is 0 Å². The summed E-state index contributed by atoms with van der Waals surface area (Å²) in [6.45, 7) is 0.715. The summed E-state index contributed by atoms with van der Waals surface area (Å²) in [4.78, 5) is 24.7. The Kier molecular flexibility index (Phi) is 7.77. The maximum Gasteiger partial charge on any atom is 0.269 e. The lowest BCUT2D eigenvalue weighted by Gasteiger charge is -2.21. The van der Waals surface area contributed by atoms with Gasteiger partial charge in [0.25, 0.3) is 11.8 Å². The highest BCUT2D eigenvalue weighted by atomic mass is 32.2. The number of thioether (sulfide) groups is 1. The third-order valence-electron chi connectivity index (χ3n) is 4.38. The number of fused-ring (bicyclic) bond motifs is 1. The van der Waals surface area contributed by atoms with Crippen LogP contribution in [0.1, 0.15) is 16.8 Å². The minimum Gasteiger partial charge on any atom is -0.486 e. The van der Waals surface area contributed by atoms with Crippen molar-refractivity contribution in [1.29, 1.82) is 0 Å². The number of sulfonamides is 1. The lowest BCUT2D eigenvalue weighted by atomic mass is 10.2. The van der Waals surface area contributed by atoms with Gasteiger partial charge in [0.15, 0.2) is 11.5 Å². The van der Waals surface area contributed by atoms with Gasteiger partial charge in [0.1, 0.15) is 19.3 Å². The Labute approximate surface area is 184 Å². The van der Waals surface area contributed by atoms with Crippen molar-refractivity contribution in [3.05, 3.63) is 54.1 Å². The number of hydrogen-bond donors (Lipinski definition) is 3. The van der Waals surface area contributed by atoms with Crippen LogP contribution >= 0.6 is 11.8 Å². The average molecular weight is 466 g/mol. The van der Waals surface area contributed by atoms with Gasteiger partial charge < -0.3 is 9.47 Å². The SMILES string of the molecule is CSCCC(NS(=O)(=O)c1ccc2c(c1)OCCO2)C(=O)NNC(=O)c1ccccc1.